The maximum absolute atomic E-state index is 13.8. The Morgan fingerprint density at radius 2 is 1.64 bits per heavy atom. The Labute approximate surface area is 264 Å². The Balaban J connectivity index is 1.44. The first kappa shape index (κ1) is 34.5. The number of sulfone groups is 1. The zero-order valence-electron chi connectivity index (χ0n) is 25.0. The molecular formula is C30H35ClF3N3O7S. The molecular weight excluding hydrogens is 639 g/mol. The number of amides is 3. The van der Waals surface area contributed by atoms with E-state index in [2.05, 4.69) is 16.0 Å². The number of ether oxygens (including phenoxy) is 1. The summed E-state index contributed by atoms with van der Waals surface area (Å²) in [5.41, 5.74) is -2.67. The van der Waals surface area contributed by atoms with Crippen LogP contribution in [-0.4, -0.2) is 60.5 Å². The van der Waals surface area contributed by atoms with Crippen molar-refractivity contribution in [1.29, 1.82) is 0 Å². The summed E-state index contributed by atoms with van der Waals surface area (Å²) in [6.07, 6.45) is 0.411. The van der Waals surface area contributed by atoms with Crippen LogP contribution in [0.4, 0.5) is 23.7 Å². The van der Waals surface area contributed by atoms with Crippen LogP contribution < -0.4 is 16.0 Å². The number of carbonyl (C=O) groups is 3. The van der Waals surface area contributed by atoms with Gasteiger partial charge in [-0.05, 0) is 83.4 Å². The number of alkyl carbamates (subject to hydrolysis) is 1. The van der Waals surface area contributed by atoms with Gasteiger partial charge in [-0.25, -0.2) is 26.4 Å². The van der Waals surface area contributed by atoms with Crippen molar-refractivity contribution < 1.29 is 45.8 Å². The first-order valence-corrected chi connectivity index (χ1v) is 16.2. The van der Waals surface area contributed by atoms with Gasteiger partial charge in [-0.3, -0.25) is 9.59 Å². The molecule has 2 aromatic carbocycles. The van der Waals surface area contributed by atoms with Gasteiger partial charge in [-0.15, -0.1) is 0 Å². The lowest BCUT2D eigenvalue weighted by Gasteiger charge is -2.42. The average Bonchev–Trinajstić information content (AvgIpc) is 3.08. The first-order valence-electron chi connectivity index (χ1n) is 14.3. The van der Waals surface area contributed by atoms with E-state index in [1.807, 2.05) is 0 Å². The normalized spacial score (nSPS) is 23.6. The van der Waals surface area contributed by atoms with Crippen LogP contribution in [0.1, 0.15) is 63.7 Å². The minimum atomic E-state index is -4.13. The third kappa shape index (κ3) is 7.55. The quantitative estimate of drug-likeness (QED) is 0.296. The second-order valence-corrected chi connectivity index (χ2v) is 15.1. The number of hydrogen-bond donors (Lipinski definition) is 4. The second-order valence-electron chi connectivity index (χ2n) is 12.5. The molecule has 2 unspecified atom stereocenters. The molecule has 3 atom stereocenters. The molecule has 2 fully saturated rings. The predicted molar refractivity (Wildman–Crippen MR) is 159 cm³/mol. The van der Waals surface area contributed by atoms with Gasteiger partial charge in [0.15, 0.2) is 27.3 Å². The van der Waals surface area contributed by atoms with Gasteiger partial charge in [0.2, 0.25) is 5.91 Å². The highest BCUT2D eigenvalue weighted by molar-refractivity contribution is 7.92. The van der Waals surface area contributed by atoms with E-state index in [4.69, 9.17) is 16.3 Å². The molecule has 0 aromatic heterocycles. The number of carbonyl (C=O) groups excluding carboxylic acids is 3. The number of benzene rings is 2. The molecule has 0 saturated heterocycles. The summed E-state index contributed by atoms with van der Waals surface area (Å²) in [5, 5.41) is 17.8. The summed E-state index contributed by atoms with van der Waals surface area (Å²) in [7, 11) is -4.13. The van der Waals surface area contributed by atoms with Gasteiger partial charge in [-0.2, -0.15) is 0 Å². The Bertz CT molecular complexity index is 1580. The maximum Gasteiger partial charge on any atom is 0.408 e. The number of anilines is 1. The molecule has 0 heterocycles. The van der Waals surface area contributed by atoms with Crippen molar-refractivity contribution in [2.75, 3.05) is 11.9 Å². The van der Waals surface area contributed by atoms with Gasteiger partial charge in [0, 0.05) is 29.9 Å². The average molecular weight is 674 g/mol. The smallest absolute Gasteiger partial charge is 0.408 e. The molecule has 2 aromatic rings. The summed E-state index contributed by atoms with van der Waals surface area (Å²) in [5.74, 6) is -7.12. The molecule has 3 amide bonds. The zero-order chi connectivity index (χ0) is 33.5. The fourth-order valence-corrected chi connectivity index (χ4v) is 8.36. The van der Waals surface area contributed by atoms with E-state index < -0.39 is 79.5 Å². The third-order valence-electron chi connectivity index (χ3n) is 8.23. The Hall–Kier alpha value is -3.36. The maximum atomic E-state index is 13.8. The monoisotopic (exact) mass is 673 g/mol. The van der Waals surface area contributed by atoms with E-state index >= 15 is 0 Å². The summed E-state index contributed by atoms with van der Waals surface area (Å²) in [4.78, 5) is 37.2. The van der Waals surface area contributed by atoms with Crippen molar-refractivity contribution in [2.24, 2.45) is 11.8 Å². The molecule has 246 valence electrons. The Kier molecular flexibility index (Phi) is 9.81. The lowest BCUT2D eigenvalue weighted by atomic mass is 9.74. The molecule has 0 radical (unpaired) electrons. The van der Waals surface area contributed by atoms with Gasteiger partial charge < -0.3 is 25.8 Å². The van der Waals surface area contributed by atoms with E-state index in [-0.39, 0.29) is 40.6 Å². The van der Waals surface area contributed by atoms with Gasteiger partial charge in [0.05, 0.1) is 20.8 Å². The molecule has 0 spiro atoms. The van der Waals surface area contributed by atoms with E-state index in [1.165, 1.54) is 19.1 Å². The molecule has 0 aliphatic heterocycles. The molecule has 2 bridgehead atoms. The minimum absolute atomic E-state index is 0.0673. The molecule has 4 N–H and O–H groups in total. The van der Waals surface area contributed by atoms with Crippen LogP contribution in [0, 0.1) is 29.3 Å². The molecule has 4 rings (SSSR count). The molecule has 2 aliphatic rings. The summed E-state index contributed by atoms with van der Waals surface area (Å²) < 4.78 is 73.2. The van der Waals surface area contributed by atoms with Crippen molar-refractivity contribution in [3.63, 3.8) is 0 Å². The molecule has 2 aliphatic carbocycles. The van der Waals surface area contributed by atoms with Crippen molar-refractivity contribution >= 4 is 45.0 Å². The number of nitrogens with one attached hydrogen (secondary N) is 3. The highest BCUT2D eigenvalue weighted by Crippen LogP contribution is 2.52. The van der Waals surface area contributed by atoms with E-state index in [0.717, 1.165) is 6.07 Å². The van der Waals surface area contributed by atoms with E-state index in [0.29, 0.717) is 25.0 Å². The number of halogens is 4. The SMILES string of the molecule is C[C@H](NC(=O)OC(C)(C)C)C(=O)NC[C@]1(O)C2CCC1C[C@@H](S(=O)(=O)c1cc(C(=O)Nc3cc(F)c(F)c(F)c3)ccc1Cl)C2. The van der Waals surface area contributed by atoms with Gasteiger partial charge >= 0.3 is 6.09 Å². The van der Waals surface area contributed by atoms with Crippen LogP contribution in [0.3, 0.4) is 0 Å². The molecule has 45 heavy (non-hydrogen) atoms. The largest absolute Gasteiger partial charge is 0.444 e. The van der Waals surface area contributed by atoms with Gasteiger partial charge in [0.1, 0.15) is 11.6 Å². The molecule has 10 nitrogen and oxygen atoms in total. The fourth-order valence-electron chi connectivity index (χ4n) is 5.96. The highest BCUT2D eigenvalue weighted by atomic mass is 35.5. The minimum Gasteiger partial charge on any atom is -0.444 e. The van der Waals surface area contributed by atoms with E-state index in [1.54, 1.807) is 20.8 Å². The van der Waals surface area contributed by atoms with Crippen molar-refractivity contribution in [2.45, 2.75) is 80.8 Å². The summed E-state index contributed by atoms with van der Waals surface area (Å²) >= 11 is 6.27. The van der Waals surface area contributed by atoms with Crippen LogP contribution in [0.5, 0.6) is 0 Å². The van der Waals surface area contributed by atoms with Crippen LogP contribution >= 0.6 is 11.6 Å². The lowest BCUT2D eigenvalue weighted by molar-refractivity contribution is -0.126. The molecule has 2 saturated carbocycles. The number of fused-ring (bicyclic) bond motifs is 2. The number of hydrogen-bond acceptors (Lipinski definition) is 7. The lowest BCUT2D eigenvalue weighted by Crippen LogP contribution is -2.56. The van der Waals surface area contributed by atoms with Gasteiger partial charge in [-0.1, -0.05) is 11.6 Å². The van der Waals surface area contributed by atoms with Gasteiger partial charge in [0.25, 0.3) is 5.91 Å². The zero-order valence-corrected chi connectivity index (χ0v) is 26.6. The standard InChI is InChI=1S/C30H35ClF3N3O7S/c1-15(36-28(40)44-29(2,3)4)26(38)35-14-30(41)17-6-7-18(30)11-20(10-17)45(42,43)24-9-16(5-8-21(24)31)27(39)37-19-12-22(32)25(34)23(33)13-19/h5,8-9,12-13,15,17-18,20,41H,6-7,10-11,14H2,1-4H3,(H,35,38)(H,36,40)(H,37,39)/t15-,17?,18?,20-,30-/m0/s1. The van der Waals surface area contributed by atoms with Crippen molar-refractivity contribution in [3.8, 4) is 0 Å². The highest BCUT2D eigenvalue weighted by Gasteiger charge is 2.55. The number of aliphatic hydroxyl groups is 1. The van der Waals surface area contributed by atoms with Crippen molar-refractivity contribution in [3.05, 3.63) is 58.4 Å². The third-order valence-corrected chi connectivity index (χ3v) is 10.9. The Morgan fingerprint density at radius 1 is 1.07 bits per heavy atom. The van der Waals surface area contributed by atoms with E-state index in [9.17, 15) is 41.1 Å². The molecule has 15 heteroatoms. The van der Waals surface area contributed by atoms with Crippen LogP contribution in [0.15, 0.2) is 35.2 Å². The van der Waals surface area contributed by atoms with Crippen molar-refractivity contribution in [1.82, 2.24) is 10.6 Å². The van der Waals surface area contributed by atoms with Crippen LogP contribution in [0.2, 0.25) is 5.02 Å². The predicted octanol–water partition coefficient (Wildman–Crippen LogP) is 4.73. The van der Waals surface area contributed by atoms with Crippen LogP contribution in [-0.2, 0) is 19.4 Å². The summed E-state index contributed by atoms with van der Waals surface area (Å²) in [6, 6.07) is 3.73. The fraction of sp³-hybridized carbons (Fsp3) is 0.500. The number of rotatable bonds is 8. The topological polar surface area (TPSA) is 151 Å². The Morgan fingerprint density at radius 3 is 2.20 bits per heavy atom. The summed E-state index contributed by atoms with van der Waals surface area (Å²) in [6.45, 7) is 6.38. The second kappa shape index (κ2) is 12.8. The first-order chi connectivity index (χ1) is 20.8. The van der Waals surface area contributed by atoms with Crippen LogP contribution in [0.25, 0.3) is 0 Å².